The number of nitrogens with two attached hydrogens (primary N) is 1. The van der Waals surface area contributed by atoms with Crippen LogP contribution in [0, 0.1) is 0 Å². The Morgan fingerprint density at radius 2 is 1.75 bits per heavy atom. The average molecular weight is 298 g/mol. The van der Waals surface area contributed by atoms with Crippen LogP contribution in [0.3, 0.4) is 0 Å². The molecule has 1 saturated carbocycles. The minimum atomic E-state index is -0.285. The van der Waals surface area contributed by atoms with Gasteiger partial charge in [-0.05, 0) is 30.9 Å². The van der Waals surface area contributed by atoms with Crippen molar-refractivity contribution in [3.63, 3.8) is 0 Å². The summed E-state index contributed by atoms with van der Waals surface area (Å²) in [6, 6.07) is 1.98. The highest BCUT2D eigenvalue weighted by atomic mass is 35.5. The van der Waals surface area contributed by atoms with Crippen LogP contribution in [0.25, 0.3) is 0 Å². The van der Waals surface area contributed by atoms with Gasteiger partial charge in [-0.2, -0.15) is 0 Å². The summed E-state index contributed by atoms with van der Waals surface area (Å²) in [7, 11) is 3.27. The zero-order valence-corrected chi connectivity index (χ0v) is 13.3. The number of hydrogen-bond acceptors (Lipinski definition) is 3. The van der Waals surface area contributed by atoms with Crippen molar-refractivity contribution in [2.75, 3.05) is 14.2 Å². The first kappa shape index (κ1) is 15.5. The summed E-state index contributed by atoms with van der Waals surface area (Å²) in [5.41, 5.74) is 8.65. The third kappa shape index (κ3) is 2.61. The summed E-state index contributed by atoms with van der Waals surface area (Å²) in [5, 5.41) is 0.576. The van der Waals surface area contributed by atoms with E-state index in [4.69, 9.17) is 26.8 Å². The van der Waals surface area contributed by atoms with Crippen molar-refractivity contribution in [2.24, 2.45) is 5.73 Å². The van der Waals surface area contributed by atoms with Gasteiger partial charge in [0.1, 0.15) is 0 Å². The second kappa shape index (κ2) is 6.23. The molecule has 0 unspecified atom stereocenters. The summed E-state index contributed by atoms with van der Waals surface area (Å²) in [4.78, 5) is 0. The highest BCUT2D eigenvalue weighted by Crippen LogP contribution is 2.46. The summed E-state index contributed by atoms with van der Waals surface area (Å²) >= 11 is 6.36. The van der Waals surface area contributed by atoms with Crippen molar-refractivity contribution in [1.82, 2.24) is 0 Å². The molecule has 2 rings (SSSR count). The lowest BCUT2D eigenvalue weighted by molar-refractivity contribution is 0.296. The monoisotopic (exact) mass is 297 g/mol. The van der Waals surface area contributed by atoms with Crippen molar-refractivity contribution in [3.05, 3.63) is 22.2 Å². The molecule has 1 aliphatic rings. The van der Waals surface area contributed by atoms with E-state index in [2.05, 4.69) is 6.92 Å². The van der Waals surface area contributed by atoms with Crippen molar-refractivity contribution in [1.29, 1.82) is 0 Å². The molecule has 112 valence electrons. The highest BCUT2D eigenvalue weighted by Gasteiger charge is 2.34. The largest absolute Gasteiger partial charge is 0.493 e. The molecule has 0 aliphatic heterocycles. The molecular weight excluding hydrogens is 274 g/mol. The van der Waals surface area contributed by atoms with Crippen LogP contribution >= 0.6 is 11.6 Å². The molecular formula is C16H24ClNO2. The Kier molecular flexibility index (Phi) is 4.82. The SMILES string of the molecule is CCc1c(C2(N)CCCCC2)cc(Cl)c(OC)c1OC. The molecule has 0 heterocycles. The third-order valence-corrected chi connectivity index (χ3v) is 4.62. The number of methoxy groups -OCH3 is 2. The second-order valence-electron chi connectivity index (χ2n) is 5.52. The summed E-state index contributed by atoms with van der Waals surface area (Å²) in [6.45, 7) is 2.11. The van der Waals surface area contributed by atoms with Gasteiger partial charge in [-0.3, -0.25) is 0 Å². The molecule has 1 aromatic carbocycles. The van der Waals surface area contributed by atoms with Crippen LogP contribution in [0.15, 0.2) is 6.07 Å². The van der Waals surface area contributed by atoms with E-state index in [1.54, 1.807) is 14.2 Å². The minimum Gasteiger partial charge on any atom is -0.493 e. The average Bonchev–Trinajstić information content (AvgIpc) is 2.46. The molecule has 0 atom stereocenters. The molecule has 0 radical (unpaired) electrons. The van der Waals surface area contributed by atoms with Gasteiger partial charge >= 0.3 is 0 Å². The number of hydrogen-bond donors (Lipinski definition) is 1. The van der Waals surface area contributed by atoms with Gasteiger partial charge in [-0.25, -0.2) is 0 Å². The molecule has 2 N–H and O–H groups in total. The first-order valence-electron chi connectivity index (χ1n) is 7.30. The fourth-order valence-electron chi connectivity index (χ4n) is 3.30. The Bertz CT molecular complexity index is 482. The quantitative estimate of drug-likeness (QED) is 0.912. The van der Waals surface area contributed by atoms with Crippen LogP contribution in [0.4, 0.5) is 0 Å². The Hall–Kier alpha value is -0.930. The molecule has 3 nitrogen and oxygen atoms in total. The normalized spacial score (nSPS) is 17.9. The van der Waals surface area contributed by atoms with E-state index in [1.165, 1.54) is 19.3 Å². The summed E-state index contributed by atoms with van der Waals surface area (Å²) < 4.78 is 10.9. The van der Waals surface area contributed by atoms with Crippen LogP contribution in [-0.4, -0.2) is 14.2 Å². The minimum absolute atomic E-state index is 0.285. The predicted molar refractivity (Wildman–Crippen MR) is 82.9 cm³/mol. The number of benzene rings is 1. The molecule has 0 amide bonds. The van der Waals surface area contributed by atoms with E-state index in [9.17, 15) is 0 Å². The lowest BCUT2D eigenvalue weighted by Crippen LogP contribution is -2.39. The van der Waals surface area contributed by atoms with E-state index in [0.29, 0.717) is 10.8 Å². The standard InChI is InChI=1S/C16H24ClNO2/c1-4-11-12(16(18)8-6-5-7-9-16)10-13(17)15(20-3)14(11)19-2/h10H,4-9,18H2,1-3H3. The van der Waals surface area contributed by atoms with Gasteiger partial charge in [0.2, 0.25) is 0 Å². The molecule has 1 aliphatic carbocycles. The van der Waals surface area contributed by atoms with Gasteiger partial charge in [0.05, 0.1) is 19.2 Å². The molecule has 20 heavy (non-hydrogen) atoms. The van der Waals surface area contributed by atoms with Gasteiger partial charge < -0.3 is 15.2 Å². The van der Waals surface area contributed by atoms with Crippen LogP contribution in [-0.2, 0) is 12.0 Å². The van der Waals surface area contributed by atoms with Crippen LogP contribution in [0.5, 0.6) is 11.5 Å². The summed E-state index contributed by atoms with van der Waals surface area (Å²) in [5.74, 6) is 1.34. The summed E-state index contributed by atoms with van der Waals surface area (Å²) in [6.07, 6.45) is 6.47. The van der Waals surface area contributed by atoms with Gasteiger partial charge in [0.25, 0.3) is 0 Å². The van der Waals surface area contributed by atoms with Gasteiger partial charge in [0.15, 0.2) is 11.5 Å². The maximum Gasteiger partial charge on any atom is 0.179 e. The zero-order valence-electron chi connectivity index (χ0n) is 12.6. The van der Waals surface area contributed by atoms with Crippen LogP contribution in [0.2, 0.25) is 5.02 Å². The number of halogens is 1. The number of ether oxygens (including phenoxy) is 2. The smallest absolute Gasteiger partial charge is 0.179 e. The molecule has 1 aromatic rings. The Balaban J connectivity index is 2.60. The fourth-order valence-corrected chi connectivity index (χ4v) is 3.57. The van der Waals surface area contributed by atoms with E-state index in [0.717, 1.165) is 36.1 Å². The van der Waals surface area contributed by atoms with E-state index < -0.39 is 0 Å². The van der Waals surface area contributed by atoms with Gasteiger partial charge in [0, 0.05) is 11.1 Å². The highest BCUT2D eigenvalue weighted by molar-refractivity contribution is 6.32. The molecule has 1 fully saturated rings. The third-order valence-electron chi connectivity index (χ3n) is 4.34. The molecule has 0 bridgehead atoms. The number of rotatable bonds is 4. The Labute approximate surface area is 126 Å². The van der Waals surface area contributed by atoms with Crippen molar-refractivity contribution < 1.29 is 9.47 Å². The second-order valence-corrected chi connectivity index (χ2v) is 5.93. The maximum absolute atomic E-state index is 6.69. The van der Waals surface area contributed by atoms with Gasteiger partial charge in [-0.15, -0.1) is 0 Å². The van der Waals surface area contributed by atoms with Crippen molar-refractivity contribution in [3.8, 4) is 11.5 Å². The Morgan fingerprint density at radius 3 is 2.25 bits per heavy atom. The van der Waals surface area contributed by atoms with E-state index in [1.807, 2.05) is 6.07 Å². The maximum atomic E-state index is 6.69. The van der Waals surface area contributed by atoms with Crippen LogP contribution in [0.1, 0.15) is 50.2 Å². The first-order chi connectivity index (χ1) is 9.57. The topological polar surface area (TPSA) is 44.5 Å². The van der Waals surface area contributed by atoms with Crippen molar-refractivity contribution in [2.45, 2.75) is 51.0 Å². The van der Waals surface area contributed by atoms with Crippen LogP contribution < -0.4 is 15.2 Å². The molecule has 4 heteroatoms. The van der Waals surface area contributed by atoms with Crippen molar-refractivity contribution >= 4 is 11.6 Å². The van der Waals surface area contributed by atoms with E-state index in [-0.39, 0.29) is 5.54 Å². The van der Waals surface area contributed by atoms with Gasteiger partial charge in [-0.1, -0.05) is 37.8 Å². The van der Waals surface area contributed by atoms with E-state index >= 15 is 0 Å². The molecule has 0 saturated heterocycles. The molecule has 0 spiro atoms. The Morgan fingerprint density at radius 1 is 1.15 bits per heavy atom. The lowest BCUT2D eigenvalue weighted by atomic mass is 9.75. The molecule has 0 aromatic heterocycles. The predicted octanol–water partition coefficient (Wildman–Crippen LogP) is 4.04. The fraction of sp³-hybridized carbons (Fsp3) is 0.625. The first-order valence-corrected chi connectivity index (χ1v) is 7.68. The lowest BCUT2D eigenvalue weighted by Gasteiger charge is -2.36. The zero-order chi connectivity index (χ0) is 14.8.